The summed E-state index contributed by atoms with van der Waals surface area (Å²) < 4.78 is 43.3. The molecule has 8 heteroatoms. The zero-order chi connectivity index (χ0) is 18.7. The Kier molecular flexibility index (Phi) is 4.36. The maximum Gasteiger partial charge on any atom is 0.262 e. The highest BCUT2D eigenvalue weighted by atomic mass is 31.2. The van der Waals surface area contributed by atoms with Crippen LogP contribution in [0.3, 0.4) is 0 Å². The third-order valence-electron chi connectivity index (χ3n) is 4.92. The summed E-state index contributed by atoms with van der Waals surface area (Å²) in [7, 11) is -3.62. The maximum absolute atomic E-state index is 13.7. The number of hydrogen-bond donors (Lipinski definition) is 1. The van der Waals surface area contributed by atoms with Gasteiger partial charge in [-0.3, -0.25) is 4.57 Å². The van der Waals surface area contributed by atoms with Crippen LogP contribution in [0.15, 0.2) is 30.3 Å². The van der Waals surface area contributed by atoms with Crippen molar-refractivity contribution in [2.75, 3.05) is 6.61 Å². The lowest BCUT2D eigenvalue weighted by atomic mass is 10.0. The summed E-state index contributed by atoms with van der Waals surface area (Å²) in [6.45, 7) is 7.44. The van der Waals surface area contributed by atoms with Crippen LogP contribution < -0.4 is 5.30 Å². The summed E-state index contributed by atoms with van der Waals surface area (Å²) in [5.74, 6) is -2.99. The molecule has 0 spiro atoms. The summed E-state index contributed by atoms with van der Waals surface area (Å²) in [6.07, 6.45) is -2.53. The Balaban J connectivity index is 1.72. The van der Waals surface area contributed by atoms with Gasteiger partial charge in [0.05, 0.1) is 6.61 Å². The van der Waals surface area contributed by atoms with Gasteiger partial charge in [0.1, 0.15) is 24.4 Å². The van der Waals surface area contributed by atoms with Crippen LogP contribution in [-0.2, 0) is 28.0 Å². The topological polar surface area (TPSA) is 83.5 Å². The first-order valence-corrected chi connectivity index (χ1v) is 10.5. The molecule has 3 aliphatic heterocycles. The molecule has 0 bridgehead atoms. The smallest absolute Gasteiger partial charge is 0.262 e. The molecular weight excluding hydrogens is 359 g/mol. The molecule has 26 heavy (non-hydrogen) atoms. The van der Waals surface area contributed by atoms with Crippen molar-refractivity contribution in [1.29, 1.82) is 0 Å². The Morgan fingerprint density at radius 2 is 1.62 bits per heavy atom. The van der Waals surface area contributed by atoms with Crippen LogP contribution >= 0.6 is 7.37 Å². The van der Waals surface area contributed by atoms with Crippen molar-refractivity contribution in [3.8, 4) is 0 Å². The second kappa shape index (κ2) is 6.11. The van der Waals surface area contributed by atoms with Crippen LogP contribution in [0.4, 0.5) is 0 Å². The molecule has 0 aromatic heterocycles. The molecule has 1 aromatic carbocycles. The van der Waals surface area contributed by atoms with Crippen molar-refractivity contribution in [3.63, 3.8) is 0 Å². The molecule has 7 nitrogen and oxygen atoms in total. The number of aliphatic hydroxyl groups is 1. The first kappa shape index (κ1) is 18.6. The van der Waals surface area contributed by atoms with Gasteiger partial charge in [-0.1, -0.05) is 18.2 Å². The van der Waals surface area contributed by atoms with Gasteiger partial charge in [-0.05, 0) is 39.8 Å². The third kappa shape index (κ3) is 3.06. The molecule has 3 aliphatic rings. The Morgan fingerprint density at radius 3 is 2.23 bits per heavy atom. The minimum Gasteiger partial charge on any atom is -0.380 e. The largest absolute Gasteiger partial charge is 0.380 e. The maximum atomic E-state index is 13.7. The Hall–Kier alpha value is -0.790. The number of rotatable bonds is 2. The monoisotopic (exact) mass is 384 g/mol. The molecule has 1 unspecified atom stereocenters. The number of fused-ring (bicyclic) bond motifs is 1. The standard InChI is InChI=1S/C18H25O7P/c1-17(2)21-10-12(22-17)13-14-15(24-18(3,4)23-14)16(19)26(20,25-13)11-8-6-5-7-9-11/h5-9,12-16,19H,10H2,1-4H3/t12-,13+,14+,15+,16-,26?/m1/s1. The van der Waals surface area contributed by atoms with E-state index in [-0.39, 0.29) is 6.61 Å². The van der Waals surface area contributed by atoms with Gasteiger partial charge in [0, 0.05) is 5.30 Å². The molecule has 6 atom stereocenters. The lowest BCUT2D eigenvalue weighted by Gasteiger charge is -2.41. The van der Waals surface area contributed by atoms with Gasteiger partial charge in [-0.15, -0.1) is 0 Å². The van der Waals surface area contributed by atoms with Crippen molar-refractivity contribution in [2.45, 2.75) is 69.5 Å². The molecule has 4 rings (SSSR count). The van der Waals surface area contributed by atoms with Gasteiger partial charge in [0.15, 0.2) is 17.4 Å². The highest BCUT2D eigenvalue weighted by molar-refractivity contribution is 7.67. The summed E-state index contributed by atoms with van der Waals surface area (Å²) in [5, 5.41) is 11.3. The molecule has 144 valence electrons. The van der Waals surface area contributed by atoms with E-state index in [9.17, 15) is 9.67 Å². The first-order valence-electron chi connectivity index (χ1n) is 8.81. The van der Waals surface area contributed by atoms with Crippen LogP contribution in [0.2, 0.25) is 0 Å². The van der Waals surface area contributed by atoms with Crippen LogP contribution in [-0.4, -0.2) is 53.5 Å². The van der Waals surface area contributed by atoms with E-state index >= 15 is 0 Å². The fraction of sp³-hybridized carbons (Fsp3) is 0.667. The summed E-state index contributed by atoms with van der Waals surface area (Å²) in [5.41, 5.74) is 0. The first-order chi connectivity index (χ1) is 12.1. The van der Waals surface area contributed by atoms with Gasteiger partial charge < -0.3 is 28.6 Å². The number of ether oxygens (including phenoxy) is 4. The molecule has 3 fully saturated rings. The van der Waals surface area contributed by atoms with Crippen LogP contribution in [0.5, 0.6) is 0 Å². The molecule has 0 aliphatic carbocycles. The summed E-state index contributed by atoms with van der Waals surface area (Å²) in [4.78, 5) is 0. The number of hydrogen-bond acceptors (Lipinski definition) is 7. The van der Waals surface area contributed by atoms with E-state index in [0.717, 1.165) is 0 Å². The SMILES string of the molecule is CC1(C)O[C@H]2[C@H]([C@H]3COC(C)(C)O3)OP(=O)(c3ccccc3)[C@@H](O)[C@H]2O1. The van der Waals surface area contributed by atoms with Crippen molar-refractivity contribution in [3.05, 3.63) is 30.3 Å². The van der Waals surface area contributed by atoms with E-state index in [0.29, 0.717) is 5.30 Å². The molecule has 0 amide bonds. The molecule has 0 saturated carbocycles. The number of aliphatic hydroxyl groups excluding tert-OH is 1. The zero-order valence-electron chi connectivity index (χ0n) is 15.3. The quantitative estimate of drug-likeness (QED) is 0.781. The van der Waals surface area contributed by atoms with Crippen molar-refractivity contribution in [2.24, 2.45) is 0 Å². The fourth-order valence-electron chi connectivity index (χ4n) is 3.80. The minimum atomic E-state index is -3.62. The van der Waals surface area contributed by atoms with E-state index in [1.54, 1.807) is 38.1 Å². The van der Waals surface area contributed by atoms with Crippen molar-refractivity contribution in [1.82, 2.24) is 0 Å². The highest BCUT2D eigenvalue weighted by Gasteiger charge is 2.62. The normalized spacial score (nSPS) is 44.0. The average Bonchev–Trinajstić information content (AvgIpc) is 3.10. The second-order valence-electron chi connectivity index (χ2n) is 7.85. The lowest BCUT2D eigenvalue weighted by Crippen LogP contribution is -2.55. The van der Waals surface area contributed by atoms with E-state index < -0.39 is 49.2 Å². The summed E-state index contributed by atoms with van der Waals surface area (Å²) in [6, 6.07) is 8.73. The van der Waals surface area contributed by atoms with Crippen LogP contribution in [0, 0.1) is 0 Å². The van der Waals surface area contributed by atoms with E-state index in [1.165, 1.54) is 0 Å². The third-order valence-corrected chi connectivity index (χ3v) is 7.49. The predicted octanol–water partition coefficient (Wildman–Crippen LogP) is 1.98. The van der Waals surface area contributed by atoms with E-state index in [1.807, 2.05) is 19.9 Å². The Morgan fingerprint density at radius 1 is 0.962 bits per heavy atom. The zero-order valence-corrected chi connectivity index (χ0v) is 16.2. The number of benzene rings is 1. The minimum absolute atomic E-state index is 0.287. The van der Waals surface area contributed by atoms with Gasteiger partial charge in [0.25, 0.3) is 7.37 Å². The summed E-state index contributed by atoms with van der Waals surface area (Å²) >= 11 is 0. The van der Waals surface area contributed by atoms with Gasteiger partial charge >= 0.3 is 0 Å². The second-order valence-corrected chi connectivity index (χ2v) is 10.3. The highest BCUT2D eigenvalue weighted by Crippen LogP contribution is 2.60. The van der Waals surface area contributed by atoms with Crippen molar-refractivity contribution >= 4 is 12.7 Å². The predicted molar refractivity (Wildman–Crippen MR) is 93.3 cm³/mol. The van der Waals surface area contributed by atoms with Crippen LogP contribution in [0.1, 0.15) is 27.7 Å². The van der Waals surface area contributed by atoms with Crippen molar-refractivity contribution < 1.29 is 33.1 Å². The fourth-order valence-corrected chi connectivity index (χ4v) is 6.18. The Bertz CT molecular complexity index is 720. The lowest BCUT2D eigenvalue weighted by molar-refractivity contribution is -0.174. The molecule has 1 aromatic rings. The van der Waals surface area contributed by atoms with Gasteiger partial charge in [0.2, 0.25) is 0 Å². The van der Waals surface area contributed by atoms with E-state index in [2.05, 4.69) is 0 Å². The van der Waals surface area contributed by atoms with Gasteiger partial charge in [-0.2, -0.15) is 0 Å². The molecule has 0 radical (unpaired) electrons. The molecule has 3 saturated heterocycles. The average molecular weight is 384 g/mol. The Labute approximate surface area is 153 Å². The van der Waals surface area contributed by atoms with E-state index in [4.69, 9.17) is 23.5 Å². The van der Waals surface area contributed by atoms with Crippen LogP contribution in [0.25, 0.3) is 0 Å². The molecular formula is C18H25O7P. The molecule has 1 N–H and O–H groups in total. The van der Waals surface area contributed by atoms with Gasteiger partial charge in [-0.25, -0.2) is 0 Å². The molecule has 3 heterocycles.